The maximum Gasteiger partial charge on any atom is 0.118 e. The minimum absolute atomic E-state index is 0. The van der Waals surface area contributed by atoms with Crippen LogP contribution in [0.25, 0.3) is 0 Å². The van der Waals surface area contributed by atoms with E-state index in [2.05, 4.69) is 46.4 Å². The first-order valence-electron chi connectivity index (χ1n) is 5.23. The van der Waals surface area contributed by atoms with Crippen molar-refractivity contribution >= 4 is 69.8 Å². The summed E-state index contributed by atoms with van der Waals surface area (Å²) < 4.78 is 0. The Morgan fingerprint density at radius 2 is 0.867 bits per heavy atom. The van der Waals surface area contributed by atoms with Crippen molar-refractivity contribution in [3.8, 4) is 0 Å². The van der Waals surface area contributed by atoms with Gasteiger partial charge in [-0.25, -0.2) is 0 Å². The zero-order valence-corrected chi connectivity index (χ0v) is 14.8. The average molecular weight is 306 g/mol. The predicted octanol–water partition coefficient (Wildman–Crippen LogP) is 4.79. The van der Waals surface area contributed by atoms with E-state index in [0.717, 1.165) is 0 Å². The van der Waals surface area contributed by atoms with Crippen molar-refractivity contribution in [1.82, 2.24) is 0 Å². The predicted molar refractivity (Wildman–Crippen MR) is 81.9 cm³/mol. The Morgan fingerprint density at radius 3 is 0.933 bits per heavy atom. The SMILES string of the molecule is CCCC[CH2][Al].CCCC[CH2][Al].Cl.Cl.Cl. The quantitative estimate of drug-likeness (QED) is 0.489. The third kappa shape index (κ3) is 49.1. The number of halogens is 3. The van der Waals surface area contributed by atoms with Gasteiger partial charge in [0, 0.05) is 0 Å². The third-order valence-electron chi connectivity index (χ3n) is 1.62. The van der Waals surface area contributed by atoms with Gasteiger partial charge in [-0.05, 0) is 0 Å². The zero-order chi connectivity index (χ0) is 9.66. The Morgan fingerprint density at radius 1 is 0.600 bits per heavy atom. The molecule has 0 nitrogen and oxygen atoms in total. The van der Waals surface area contributed by atoms with Crippen LogP contribution in [-0.4, -0.2) is 32.6 Å². The highest BCUT2D eigenvalue weighted by molar-refractivity contribution is 6.08. The first-order valence-corrected chi connectivity index (χ1v) is 6.86. The average Bonchev–Trinajstić information content (AvgIpc) is 2.12. The summed E-state index contributed by atoms with van der Waals surface area (Å²) in [5.41, 5.74) is 0. The van der Waals surface area contributed by atoms with Crippen molar-refractivity contribution < 1.29 is 0 Å². The van der Waals surface area contributed by atoms with E-state index in [1.54, 1.807) is 0 Å². The fourth-order valence-corrected chi connectivity index (χ4v) is 1.37. The zero-order valence-electron chi connectivity index (χ0n) is 10.0. The minimum Gasteiger partial charge on any atom is -0.147 e. The van der Waals surface area contributed by atoms with E-state index in [1.807, 2.05) is 0 Å². The van der Waals surface area contributed by atoms with Gasteiger partial charge < -0.3 is 0 Å². The molecule has 4 radical (unpaired) electrons. The van der Waals surface area contributed by atoms with E-state index in [1.165, 1.54) is 49.1 Å². The molecule has 92 valence electrons. The van der Waals surface area contributed by atoms with Crippen LogP contribution in [0.1, 0.15) is 52.4 Å². The topological polar surface area (TPSA) is 0 Å². The molecule has 0 aromatic rings. The van der Waals surface area contributed by atoms with Crippen molar-refractivity contribution in [1.29, 1.82) is 0 Å². The van der Waals surface area contributed by atoms with E-state index < -0.39 is 0 Å². The Labute approximate surface area is 132 Å². The van der Waals surface area contributed by atoms with Crippen LogP contribution in [-0.2, 0) is 0 Å². The summed E-state index contributed by atoms with van der Waals surface area (Å²) in [6, 6.07) is 0. The maximum atomic E-state index is 2.73. The molecule has 0 aromatic carbocycles. The van der Waals surface area contributed by atoms with Gasteiger partial charge in [-0.2, -0.15) is 0 Å². The van der Waals surface area contributed by atoms with Gasteiger partial charge in [-0.1, -0.05) is 52.4 Å². The second-order valence-corrected chi connectivity index (χ2v) is 4.15. The van der Waals surface area contributed by atoms with Crippen LogP contribution in [0.3, 0.4) is 0 Å². The molecule has 0 aromatic heterocycles. The van der Waals surface area contributed by atoms with Gasteiger partial charge in [-0.3, -0.25) is 0 Å². The fourth-order valence-electron chi connectivity index (χ4n) is 0.789. The molecule has 0 heterocycles. The standard InChI is InChI=1S/2C5H11.2Al.3ClH/c2*1-3-5-4-2;;;;;/h2*1,3-5H2,2H3;;;3*1H. The molecule has 0 aliphatic carbocycles. The van der Waals surface area contributed by atoms with Crippen molar-refractivity contribution in [3.05, 3.63) is 0 Å². The molecule has 0 rings (SSSR count). The summed E-state index contributed by atoms with van der Waals surface area (Å²) in [6.07, 6.45) is 8.22. The van der Waals surface area contributed by atoms with Gasteiger partial charge in [0.2, 0.25) is 0 Å². The first-order chi connectivity index (χ1) is 5.83. The summed E-state index contributed by atoms with van der Waals surface area (Å²) in [5, 5.41) is 2.54. The summed E-state index contributed by atoms with van der Waals surface area (Å²) >= 11 is 5.46. The van der Waals surface area contributed by atoms with Gasteiger partial charge in [0.1, 0.15) is 32.6 Å². The third-order valence-corrected chi connectivity index (χ3v) is 2.43. The highest BCUT2D eigenvalue weighted by Gasteiger charge is 1.75. The molecule has 0 spiro atoms. The molecule has 0 saturated heterocycles. The lowest BCUT2D eigenvalue weighted by Gasteiger charge is -1.86. The van der Waals surface area contributed by atoms with Crippen LogP contribution in [0.5, 0.6) is 0 Å². The largest absolute Gasteiger partial charge is 0.147 e. The van der Waals surface area contributed by atoms with Crippen LogP contribution < -0.4 is 0 Å². The lowest BCUT2D eigenvalue weighted by molar-refractivity contribution is 0.771. The van der Waals surface area contributed by atoms with Gasteiger partial charge >= 0.3 is 0 Å². The Bertz CT molecular complexity index is 50.6. The highest BCUT2D eigenvalue weighted by Crippen LogP contribution is 1.94. The molecule has 0 unspecified atom stereocenters. The molecular formula is C10H25Al2Cl3. The van der Waals surface area contributed by atoms with Crippen LogP contribution in [0.2, 0.25) is 10.6 Å². The van der Waals surface area contributed by atoms with E-state index in [0.29, 0.717) is 0 Å². The molecule has 0 aliphatic rings. The highest BCUT2D eigenvalue weighted by atomic mass is 35.5. The lowest BCUT2D eigenvalue weighted by Crippen LogP contribution is -1.69. The monoisotopic (exact) mass is 304 g/mol. The number of hydrogen-bond acceptors (Lipinski definition) is 0. The molecule has 0 aliphatic heterocycles. The van der Waals surface area contributed by atoms with Crippen LogP contribution in [0.15, 0.2) is 0 Å². The van der Waals surface area contributed by atoms with E-state index in [-0.39, 0.29) is 37.2 Å². The molecule has 0 saturated carbocycles. The molecular weight excluding hydrogens is 280 g/mol. The Balaban J connectivity index is -0.0000000370. The number of rotatable bonds is 6. The van der Waals surface area contributed by atoms with Crippen LogP contribution in [0.4, 0.5) is 0 Å². The van der Waals surface area contributed by atoms with Gasteiger partial charge in [0.25, 0.3) is 0 Å². The van der Waals surface area contributed by atoms with Gasteiger partial charge in [-0.15, -0.1) is 47.8 Å². The molecule has 0 atom stereocenters. The van der Waals surface area contributed by atoms with E-state index >= 15 is 0 Å². The summed E-state index contributed by atoms with van der Waals surface area (Å²) in [7, 11) is 0. The van der Waals surface area contributed by atoms with Gasteiger partial charge in [0.05, 0.1) is 0 Å². The van der Waals surface area contributed by atoms with Crippen molar-refractivity contribution in [2.45, 2.75) is 62.9 Å². The fraction of sp³-hybridized carbons (Fsp3) is 1.00. The lowest BCUT2D eigenvalue weighted by atomic mass is 10.3. The maximum absolute atomic E-state index is 2.73. The molecule has 0 fully saturated rings. The van der Waals surface area contributed by atoms with Crippen molar-refractivity contribution in [2.24, 2.45) is 0 Å². The minimum atomic E-state index is 0. The van der Waals surface area contributed by atoms with E-state index in [4.69, 9.17) is 0 Å². The summed E-state index contributed by atoms with van der Waals surface area (Å²) in [4.78, 5) is 0. The van der Waals surface area contributed by atoms with E-state index in [9.17, 15) is 0 Å². The summed E-state index contributed by atoms with van der Waals surface area (Å²) in [5.74, 6) is 0. The molecule has 0 N–H and O–H groups in total. The smallest absolute Gasteiger partial charge is 0.118 e. The number of hydrogen-bond donors (Lipinski definition) is 0. The number of unbranched alkanes of at least 4 members (excludes halogenated alkanes) is 4. The Kier molecular flexibility index (Phi) is 72.5. The molecule has 0 bridgehead atoms. The normalized spacial score (nSPS) is 7.07. The van der Waals surface area contributed by atoms with Crippen molar-refractivity contribution in [2.75, 3.05) is 0 Å². The second-order valence-electron chi connectivity index (χ2n) is 2.99. The van der Waals surface area contributed by atoms with Crippen LogP contribution in [0, 0.1) is 0 Å². The molecule has 5 heteroatoms. The van der Waals surface area contributed by atoms with Gasteiger partial charge in [0.15, 0.2) is 0 Å². The second kappa shape index (κ2) is 36.0. The molecule has 15 heavy (non-hydrogen) atoms. The Hall–Kier alpha value is 1.93. The molecule has 0 amide bonds. The first kappa shape index (κ1) is 30.2. The summed E-state index contributed by atoms with van der Waals surface area (Å²) in [6.45, 7) is 4.45. The van der Waals surface area contributed by atoms with Crippen LogP contribution >= 0.6 is 37.2 Å². The van der Waals surface area contributed by atoms with Crippen molar-refractivity contribution in [3.63, 3.8) is 0 Å².